The Morgan fingerprint density at radius 2 is 1.71 bits per heavy atom. The molecule has 0 aromatic heterocycles. The Bertz CT molecular complexity index is 1180. The molecule has 2 unspecified atom stereocenters. The molecule has 2 aliphatic carbocycles. The van der Waals surface area contributed by atoms with Crippen LogP contribution in [0.15, 0.2) is 35.2 Å². The number of fused-ring (bicyclic) bond motifs is 2. The summed E-state index contributed by atoms with van der Waals surface area (Å²) in [6.07, 6.45) is 4.84. The van der Waals surface area contributed by atoms with Crippen molar-refractivity contribution in [2.45, 2.75) is 132 Å². The maximum absolute atomic E-state index is 14.9. The Morgan fingerprint density at radius 1 is 1.02 bits per heavy atom. The Kier molecular flexibility index (Phi) is 9.35. The van der Waals surface area contributed by atoms with Gasteiger partial charge in [-0.25, -0.2) is 13.2 Å². The highest BCUT2D eigenvalue weighted by atomic mass is 32.2. The van der Waals surface area contributed by atoms with Gasteiger partial charge < -0.3 is 19.3 Å². The number of amides is 1. The topological polar surface area (TPSA) is 102 Å². The zero-order valence-electron chi connectivity index (χ0n) is 26.1. The molecule has 5 rings (SSSR count). The third kappa shape index (κ3) is 6.00. The van der Waals surface area contributed by atoms with Gasteiger partial charge in [0.1, 0.15) is 5.60 Å². The minimum Gasteiger partial charge on any atom is -0.444 e. The van der Waals surface area contributed by atoms with E-state index in [0.29, 0.717) is 12.3 Å². The summed E-state index contributed by atoms with van der Waals surface area (Å²) >= 11 is 0. The van der Waals surface area contributed by atoms with E-state index in [-0.39, 0.29) is 47.0 Å². The van der Waals surface area contributed by atoms with Gasteiger partial charge in [0.25, 0.3) is 0 Å². The average Bonchev–Trinajstić information content (AvgIpc) is 3.26. The number of hydrogen-bond donors (Lipinski definition) is 1. The van der Waals surface area contributed by atoms with Crippen LogP contribution in [0.2, 0.25) is 0 Å². The second-order valence-electron chi connectivity index (χ2n) is 14.3. The summed E-state index contributed by atoms with van der Waals surface area (Å²) in [6.45, 7) is 9.47. The lowest BCUT2D eigenvalue weighted by molar-refractivity contribution is -0.132. The Hall–Kier alpha value is -1.68. The van der Waals surface area contributed by atoms with Gasteiger partial charge in [0.15, 0.2) is 16.1 Å². The number of sulfone groups is 1. The highest BCUT2D eigenvalue weighted by Crippen LogP contribution is 2.57. The number of benzene rings is 1. The van der Waals surface area contributed by atoms with Crippen molar-refractivity contribution in [1.82, 2.24) is 4.90 Å². The summed E-state index contributed by atoms with van der Waals surface area (Å²) in [5.41, 5.74) is -0.711. The van der Waals surface area contributed by atoms with Crippen molar-refractivity contribution in [2.75, 3.05) is 7.11 Å². The van der Waals surface area contributed by atoms with Gasteiger partial charge >= 0.3 is 6.09 Å². The van der Waals surface area contributed by atoms with Crippen LogP contribution in [-0.4, -0.2) is 73.1 Å². The fourth-order valence-electron chi connectivity index (χ4n) is 8.96. The lowest BCUT2D eigenvalue weighted by Gasteiger charge is -2.53. The van der Waals surface area contributed by atoms with E-state index in [1.807, 2.05) is 34.6 Å². The molecule has 0 bridgehead atoms. The average molecular weight is 606 g/mol. The number of hydrogen-bond acceptors (Lipinski definition) is 7. The van der Waals surface area contributed by atoms with E-state index in [4.69, 9.17) is 14.2 Å². The van der Waals surface area contributed by atoms with Crippen molar-refractivity contribution in [3.63, 3.8) is 0 Å². The smallest absolute Gasteiger partial charge is 0.410 e. The molecular formula is C33H51NO7S. The van der Waals surface area contributed by atoms with Gasteiger partial charge in [0.05, 0.1) is 28.4 Å². The normalized spacial score (nSPS) is 36.9. The van der Waals surface area contributed by atoms with Gasteiger partial charge in [-0.05, 0) is 103 Å². The molecule has 2 saturated heterocycles. The predicted octanol–water partition coefficient (Wildman–Crippen LogP) is 5.82. The first kappa shape index (κ1) is 31.7. The lowest BCUT2D eigenvalue weighted by Crippen LogP contribution is -2.62. The number of carbonyl (C=O) groups is 1. The molecular weight excluding hydrogens is 554 g/mol. The van der Waals surface area contributed by atoms with Gasteiger partial charge in [0, 0.05) is 19.1 Å². The molecule has 2 saturated carbocycles. The van der Waals surface area contributed by atoms with E-state index in [2.05, 4.69) is 0 Å². The van der Waals surface area contributed by atoms with Gasteiger partial charge in [-0.1, -0.05) is 37.5 Å². The molecule has 42 heavy (non-hydrogen) atoms. The number of methoxy groups -OCH3 is 1. The SMILES string of the molecule is CO[C@H]1O[C@@H](C)[C@H]2[C@@H]1C[C@H]1CCCC[C@@H]1[C@@H]2C(C(O)[C@H]1CCC[C@H](C)N1C(=O)OC(C)(C)C)S(=O)(=O)c1ccccc1. The van der Waals surface area contributed by atoms with Crippen LogP contribution in [0.3, 0.4) is 0 Å². The van der Waals surface area contributed by atoms with Gasteiger partial charge in [0.2, 0.25) is 0 Å². The van der Waals surface area contributed by atoms with Crippen LogP contribution >= 0.6 is 0 Å². The first-order valence-electron chi connectivity index (χ1n) is 16.0. The summed E-state index contributed by atoms with van der Waals surface area (Å²) in [5, 5.41) is 11.4. The van der Waals surface area contributed by atoms with Crippen molar-refractivity contribution >= 4 is 15.9 Å². The first-order valence-corrected chi connectivity index (χ1v) is 17.6. The number of aliphatic hydroxyl groups is 1. The number of likely N-dealkylation sites (tertiary alicyclic amines) is 1. The molecule has 11 atom stereocenters. The molecule has 1 aromatic carbocycles. The summed E-state index contributed by atoms with van der Waals surface area (Å²) in [6, 6.07) is 7.70. The molecule has 2 aliphatic heterocycles. The molecule has 2 heterocycles. The van der Waals surface area contributed by atoms with Crippen LogP contribution < -0.4 is 0 Å². The van der Waals surface area contributed by atoms with E-state index in [1.54, 1.807) is 42.3 Å². The molecule has 0 spiro atoms. The van der Waals surface area contributed by atoms with Crippen molar-refractivity contribution in [2.24, 2.45) is 29.6 Å². The van der Waals surface area contributed by atoms with Crippen molar-refractivity contribution in [1.29, 1.82) is 0 Å². The molecule has 1 amide bonds. The number of piperidine rings is 1. The monoisotopic (exact) mass is 605 g/mol. The fraction of sp³-hybridized carbons (Fsp3) is 0.788. The standard InChI is InChI=1S/C33H51NO7S/c1-20-13-12-18-26(34(20)32(36)41-33(3,4)5)29(35)30(42(37,38)23-15-8-7-9-16-23)28-24-17-11-10-14-22(24)19-25-27(28)21(2)40-31(25)39-6/h7-9,15-16,20-22,24-31,35H,10-14,17-19H2,1-6H3/t20-,21-,22+,24-,25-,26+,27-,28-,29?,30?,31-/m0/s1. The number of rotatable bonds is 6. The second kappa shape index (κ2) is 12.4. The van der Waals surface area contributed by atoms with E-state index < -0.39 is 38.9 Å². The van der Waals surface area contributed by atoms with E-state index >= 15 is 0 Å². The molecule has 0 radical (unpaired) electrons. The summed E-state index contributed by atoms with van der Waals surface area (Å²) < 4.78 is 47.7. The van der Waals surface area contributed by atoms with Gasteiger partial charge in [-0.2, -0.15) is 0 Å². The molecule has 8 nitrogen and oxygen atoms in total. The van der Waals surface area contributed by atoms with Gasteiger partial charge in [-0.3, -0.25) is 4.90 Å². The molecule has 1 aromatic rings. The molecule has 4 aliphatic rings. The summed E-state index contributed by atoms with van der Waals surface area (Å²) in [4.78, 5) is 15.5. The Labute approximate surface area is 252 Å². The summed E-state index contributed by atoms with van der Waals surface area (Å²) in [7, 11) is -2.35. The van der Waals surface area contributed by atoms with E-state index in [0.717, 1.165) is 44.9 Å². The van der Waals surface area contributed by atoms with Crippen LogP contribution in [0, 0.1) is 29.6 Å². The Balaban J connectivity index is 1.63. The second-order valence-corrected chi connectivity index (χ2v) is 16.4. The van der Waals surface area contributed by atoms with Crippen LogP contribution in [0.1, 0.15) is 86.0 Å². The zero-order valence-corrected chi connectivity index (χ0v) is 27.0. The number of ether oxygens (including phenoxy) is 3. The predicted molar refractivity (Wildman–Crippen MR) is 160 cm³/mol. The van der Waals surface area contributed by atoms with Crippen molar-refractivity contribution < 1.29 is 32.5 Å². The maximum Gasteiger partial charge on any atom is 0.410 e. The van der Waals surface area contributed by atoms with E-state index in [9.17, 15) is 18.3 Å². The third-order valence-corrected chi connectivity index (χ3v) is 12.8. The van der Waals surface area contributed by atoms with Crippen LogP contribution in [0.25, 0.3) is 0 Å². The largest absolute Gasteiger partial charge is 0.444 e. The maximum atomic E-state index is 14.9. The Morgan fingerprint density at radius 3 is 2.38 bits per heavy atom. The lowest BCUT2D eigenvalue weighted by atomic mass is 9.56. The quantitative estimate of drug-likeness (QED) is 0.436. The van der Waals surface area contributed by atoms with Crippen molar-refractivity contribution in [3.8, 4) is 0 Å². The van der Waals surface area contributed by atoms with Crippen molar-refractivity contribution in [3.05, 3.63) is 30.3 Å². The minimum atomic E-state index is -4.01. The number of aliphatic hydroxyl groups excluding tert-OH is 1. The molecule has 1 N–H and O–H groups in total. The fourth-order valence-corrected chi connectivity index (χ4v) is 11.2. The highest BCUT2D eigenvalue weighted by molar-refractivity contribution is 7.92. The van der Waals surface area contributed by atoms with E-state index in [1.165, 1.54) is 0 Å². The molecule has 9 heteroatoms. The number of nitrogens with zero attached hydrogens (tertiary/aromatic N) is 1. The molecule has 236 valence electrons. The van der Waals surface area contributed by atoms with Crippen LogP contribution in [0.5, 0.6) is 0 Å². The highest BCUT2D eigenvalue weighted by Gasteiger charge is 2.60. The summed E-state index contributed by atoms with van der Waals surface area (Å²) in [5.74, 6) is 0.146. The zero-order chi connectivity index (χ0) is 30.4. The third-order valence-electron chi connectivity index (χ3n) is 10.5. The molecule has 4 fully saturated rings. The van der Waals surface area contributed by atoms with Crippen LogP contribution in [-0.2, 0) is 24.0 Å². The van der Waals surface area contributed by atoms with Crippen LogP contribution in [0.4, 0.5) is 4.79 Å². The van der Waals surface area contributed by atoms with Gasteiger partial charge in [-0.15, -0.1) is 0 Å². The first-order chi connectivity index (χ1) is 19.8. The number of carbonyl (C=O) groups excluding carboxylic acids is 1. The minimum absolute atomic E-state index is 0.0576.